The molecule has 2 saturated heterocycles. The third kappa shape index (κ3) is 33.9. The first-order valence-electron chi connectivity index (χ1n) is 40.4. The topological polar surface area (TPSA) is 712 Å². The number of carbonyl (C=O) groups excluding carboxylic acids is 14. The molecule has 700 valence electrons. The molecule has 48 heteroatoms. The predicted molar refractivity (Wildman–Crippen MR) is 438 cm³/mol. The number of para-hydroxylation sites is 2. The Bertz CT molecular complexity index is 4960. The first-order valence-corrected chi connectivity index (χ1v) is 40.4. The average molecular weight is 1820 g/mol. The van der Waals surface area contributed by atoms with Gasteiger partial charge in [-0.25, -0.2) is 9.59 Å². The monoisotopic (exact) mass is 1820 g/mol. The lowest BCUT2D eigenvalue weighted by molar-refractivity contribution is -0.192. The van der Waals surface area contributed by atoms with E-state index in [9.17, 15) is 145 Å². The largest absolute Gasteiger partial charge is 0.508 e. The first-order chi connectivity index (χ1) is 60.8. The number of phenolic OH excluding ortho intramolecular Hbond substituents is 1. The van der Waals surface area contributed by atoms with Gasteiger partial charge in [-0.15, -0.1) is 0 Å². The molecule has 2 aromatic heterocycles. The van der Waals surface area contributed by atoms with Crippen LogP contribution < -0.4 is 69.1 Å². The number of carboxylic acids is 7. The van der Waals surface area contributed by atoms with Crippen molar-refractivity contribution in [1.29, 1.82) is 0 Å². The zero-order valence-corrected chi connectivity index (χ0v) is 69.7. The Kier molecular flexibility index (Phi) is 39.3. The van der Waals surface area contributed by atoms with Gasteiger partial charge in [-0.05, 0) is 112 Å². The number of phenols is 1. The van der Waals surface area contributed by atoms with E-state index in [1.165, 1.54) is 29.2 Å². The zero-order chi connectivity index (χ0) is 95.7. The van der Waals surface area contributed by atoms with Crippen LogP contribution in [-0.4, -0.2) is 279 Å². The minimum absolute atomic E-state index is 0.0894. The van der Waals surface area contributed by atoms with Crippen molar-refractivity contribution in [2.45, 2.75) is 215 Å². The third-order valence-corrected chi connectivity index (χ3v) is 20.2. The summed E-state index contributed by atoms with van der Waals surface area (Å²) in [5.41, 5.74) is 2.76. The highest BCUT2D eigenvalue weighted by Gasteiger charge is 2.42. The molecule has 45 nitrogen and oxygen atoms in total. The zero-order valence-electron chi connectivity index (χ0n) is 69.7. The standard InChI is InChI=1S/C79H100N16O27.C2HF3O2/c1-39(2)31-55(93-77(119)57(33-42-35-80-47-11-6-4-9-45(42)47)94-78(120)59-13-8-30-95(59)62(99)38-83-69(111)49-18-24-60(97)85-49)76(118)91-54(23-29-67(108)109)75(117)90-53(22-28-66(106)107)74(116)89-52(21-27-65(104)105)73(115)88-51(20-26-64(102)103)72(114)87-50(19-25-63(100)101)71(113)84-40(3)68(110)92-56(32-41-14-16-44(96)17-15-41)70(112)82-37-61(98)86-58(79(121)122)34-43-36-81-48-12-7-5-10-46(43)48;3-2(4,5)1(6)7/h4-7,9-12,14-17,35-36,39-40,49-59,80-81,96H,8,13,18-34,37-38H2,1-3H3,(H,82,112)(H,83,111)(H,84,113)(H,85,97)(H,86,98)(H,87,114)(H,88,115)(H,89,116)(H,90,117)(H,91,118)(H,92,110)(H,93,119)(H,94,120)(H,100,101)(H,102,103)(H,104,105)(H,106,107)(H,108,109)(H,121,122);(H,6,7)/t40-,49-,50-,51-,52-,53-,54-,55-,56-,57-,58-,59-;/m0./s1. The maximum absolute atomic E-state index is 14.8. The molecular weight excluding hydrogens is 1720 g/mol. The summed E-state index contributed by atoms with van der Waals surface area (Å²) < 4.78 is 31.7. The van der Waals surface area contributed by atoms with Gasteiger partial charge in [-0.1, -0.05) is 62.4 Å². The van der Waals surface area contributed by atoms with Gasteiger partial charge < -0.3 is 125 Å². The molecule has 14 amide bonds. The number of nitrogens with zero attached hydrogens (tertiary/aromatic N) is 1. The second-order valence-electron chi connectivity index (χ2n) is 30.6. The van der Waals surface area contributed by atoms with E-state index < -0.39 is 280 Å². The molecule has 7 rings (SSSR count). The highest BCUT2D eigenvalue weighted by Crippen LogP contribution is 2.24. The highest BCUT2D eigenvalue weighted by atomic mass is 19.4. The molecule has 0 aliphatic carbocycles. The van der Waals surface area contributed by atoms with Gasteiger partial charge in [0.15, 0.2) is 0 Å². The molecule has 0 unspecified atom stereocenters. The molecule has 129 heavy (non-hydrogen) atoms. The van der Waals surface area contributed by atoms with Crippen molar-refractivity contribution in [3.05, 3.63) is 102 Å². The van der Waals surface area contributed by atoms with Gasteiger partial charge in [0.2, 0.25) is 82.7 Å². The molecule has 2 aliphatic rings. The molecule has 0 saturated carbocycles. The van der Waals surface area contributed by atoms with Crippen LogP contribution in [0.3, 0.4) is 0 Å². The van der Waals surface area contributed by atoms with E-state index in [-0.39, 0.29) is 63.1 Å². The Hall–Kier alpha value is -14.8. The van der Waals surface area contributed by atoms with Crippen molar-refractivity contribution in [3.8, 4) is 5.75 Å². The summed E-state index contributed by atoms with van der Waals surface area (Å²) in [6, 6.07) is -0.756. The maximum atomic E-state index is 14.8. The molecule has 0 spiro atoms. The van der Waals surface area contributed by atoms with E-state index in [1.54, 1.807) is 74.8 Å². The fourth-order valence-electron chi connectivity index (χ4n) is 13.6. The molecule has 12 atom stereocenters. The number of aromatic amines is 2. The number of aromatic nitrogens is 2. The Morgan fingerprint density at radius 3 is 1.25 bits per heavy atom. The highest BCUT2D eigenvalue weighted by molar-refractivity contribution is 6.01. The number of amides is 14. The number of rotatable bonds is 49. The summed E-state index contributed by atoms with van der Waals surface area (Å²) in [5.74, 6) is -27.1. The molecule has 2 fully saturated rings. The van der Waals surface area contributed by atoms with Crippen molar-refractivity contribution >= 4 is 146 Å². The van der Waals surface area contributed by atoms with Crippen molar-refractivity contribution in [1.82, 2.24) is 84.0 Å². The summed E-state index contributed by atoms with van der Waals surface area (Å²) in [6.07, 6.45) is -10.7. The molecule has 23 N–H and O–H groups in total. The summed E-state index contributed by atoms with van der Waals surface area (Å²) in [5, 5.41) is 108. The quantitative estimate of drug-likeness (QED) is 0.0197. The SMILES string of the molecule is CC(C)C[C@H](NC(=O)[C@H](Cc1c[nH]c2ccccc12)NC(=O)[C@@H]1CCCN1C(=O)CNC(=O)[C@@H]1CCC(=O)N1)C(=O)N[C@@H](CCC(=O)O)C(=O)N[C@@H](CCC(=O)O)C(=O)N[C@@H](CCC(=O)O)C(=O)N[C@@H](CCC(=O)O)C(=O)N[C@@H](CCC(=O)O)C(=O)N[C@@H](C)C(=O)N[C@@H](Cc1ccc(O)cc1)C(=O)NCC(=O)N[C@@H](Cc1c[nH]c2ccccc12)C(=O)O.O=C(O)C(F)(F)F. The molecule has 4 heterocycles. The summed E-state index contributed by atoms with van der Waals surface area (Å²) in [7, 11) is 0. The Morgan fingerprint density at radius 2 is 0.837 bits per heavy atom. The maximum Gasteiger partial charge on any atom is 0.490 e. The fourth-order valence-corrected chi connectivity index (χ4v) is 13.6. The number of aromatic hydroxyl groups is 1. The number of carbonyl (C=O) groups is 21. The molecule has 0 bridgehead atoms. The number of likely N-dealkylation sites (tertiary alicyclic amines) is 1. The van der Waals surface area contributed by atoms with Crippen LogP contribution in [0.1, 0.15) is 134 Å². The van der Waals surface area contributed by atoms with Crippen molar-refractivity contribution in [2.75, 3.05) is 19.6 Å². The smallest absolute Gasteiger partial charge is 0.490 e. The molecular formula is C81H101F3N16O29. The Balaban J connectivity index is 0.00000351. The van der Waals surface area contributed by atoms with Crippen molar-refractivity contribution in [2.24, 2.45) is 5.92 Å². The van der Waals surface area contributed by atoms with E-state index in [1.807, 2.05) is 0 Å². The van der Waals surface area contributed by atoms with Gasteiger partial charge in [0.1, 0.15) is 78.3 Å². The minimum atomic E-state index is -5.08. The normalized spacial score (nSPS) is 15.8. The van der Waals surface area contributed by atoms with E-state index in [4.69, 9.17) is 9.90 Å². The van der Waals surface area contributed by atoms with E-state index in [0.717, 1.165) is 6.92 Å². The van der Waals surface area contributed by atoms with Crippen LogP contribution in [0.15, 0.2) is 85.2 Å². The molecule has 2 aliphatic heterocycles. The van der Waals surface area contributed by atoms with Gasteiger partial charge in [-0.2, -0.15) is 13.2 Å². The van der Waals surface area contributed by atoms with Crippen LogP contribution in [0.25, 0.3) is 21.8 Å². The predicted octanol–water partition coefficient (Wildman–Crippen LogP) is -2.16. The lowest BCUT2D eigenvalue weighted by Crippen LogP contribution is -2.61. The van der Waals surface area contributed by atoms with Crippen LogP contribution in [0.4, 0.5) is 13.2 Å². The van der Waals surface area contributed by atoms with Crippen LogP contribution in [0.2, 0.25) is 0 Å². The second-order valence-corrected chi connectivity index (χ2v) is 30.6. The number of halogens is 3. The molecule has 0 radical (unpaired) electrons. The summed E-state index contributed by atoms with van der Waals surface area (Å²) in [4.78, 5) is 284. The van der Waals surface area contributed by atoms with E-state index in [2.05, 4.69) is 79.1 Å². The number of benzene rings is 3. The Morgan fingerprint density at radius 1 is 0.442 bits per heavy atom. The number of fused-ring (bicyclic) bond motifs is 2. The van der Waals surface area contributed by atoms with Crippen LogP contribution in [0.5, 0.6) is 5.75 Å². The average Bonchev–Trinajstić information content (AvgIpc) is 1.68. The van der Waals surface area contributed by atoms with Crippen molar-refractivity contribution in [3.63, 3.8) is 0 Å². The number of alkyl halides is 3. The minimum Gasteiger partial charge on any atom is -0.508 e. The van der Waals surface area contributed by atoms with Crippen LogP contribution in [-0.2, 0) is 120 Å². The fraction of sp³-hybridized carbons (Fsp3) is 0.469. The van der Waals surface area contributed by atoms with Crippen LogP contribution >= 0.6 is 0 Å². The first kappa shape index (κ1) is 103. The molecule has 5 aromatic rings. The van der Waals surface area contributed by atoms with E-state index >= 15 is 0 Å². The number of H-pyrrole nitrogens is 2. The summed E-state index contributed by atoms with van der Waals surface area (Å²) >= 11 is 0. The van der Waals surface area contributed by atoms with Gasteiger partial charge in [-0.3, -0.25) is 91.1 Å². The van der Waals surface area contributed by atoms with Gasteiger partial charge >= 0.3 is 48.0 Å². The van der Waals surface area contributed by atoms with Gasteiger partial charge in [0, 0.05) is 98.5 Å². The third-order valence-electron chi connectivity index (χ3n) is 20.2. The lowest BCUT2D eigenvalue weighted by atomic mass is 9.99. The number of hydrogen-bond donors (Lipinski definition) is 23. The number of carboxylic acid groups (broad SMARTS) is 7. The molecule has 3 aromatic carbocycles. The Labute approximate surface area is 730 Å². The number of aliphatic carboxylic acids is 7. The number of hydrogen-bond acceptors (Lipinski definition) is 22. The lowest BCUT2D eigenvalue weighted by Gasteiger charge is -2.29. The second kappa shape index (κ2) is 49.2. The van der Waals surface area contributed by atoms with Crippen molar-refractivity contribution < 1.29 is 155 Å². The van der Waals surface area contributed by atoms with E-state index in [0.29, 0.717) is 44.9 Å². The van der Waals surface area contributed by atoms with Gasteiger partial charge in [0.05, 0.1) is 13.1 Å². The number of nitrogens with one attached hydrogen (secondary N) is 15. The summed E-state index contributed by atoms with van der Waals surface area (Å²) in [6.45, 7) is 3.15. The van der Waals surface area contributed by atoms with Gasteiger partial charge in [0.25, 0.3) is 0 Å². The van der Waals surface area contributed by atoms with Crippen LogP contribution in [0, 0.1) is 5.92 Å².